The number of carboxylic acids is 1. The van der Waals surface area contributed by atoms with E-state index < -0.39 is 5.97 Å². The van der Waals surface area contributed by atoms with Crippen molar-refractivity contribution in [3.05, 3.63) is 12.2 Å². The van der Waals surface area contributed by atoms with Crippen molar-refractivity contribution in [3.8, 4) is 0 Å². The van der Waals surface area contributed by atoms with Crippen LogP contribution < -0.4 is 0 Å². The van der Waals surface area contributed by atoms with Gasteiger partial charge in [0.1, 0.15) is 0 Å². The van der Waals surface area contributed by atoms with Gasteiger partial charge < -0.3 is 10.2 Å². The molecule has 0 saturated carbocycles. The summed E-state index contributed by atoms with van der Waals surface area (Å²) >= 11 is 0. The molecule has 4 heteroatoms. The van der Waals surface area contributed by atoms with E-state index in [1.54, 1.807) is 0 Å². The van der Waals surface area contributed by atoms with Crippen LogP contribution in [0.4, 0.5) is 0 Å². The molecule has 0 aliphatic carbocycles. The van der Waals surface area contributed by atoms with Crippen molar-refractivity contribution >= 4 is 54.9 Å². The number of aliphatic carboxylic acids is 1. The zero-order valence-electron chi connectivity index (χ0n) is 14.4. The van der Waals surface area contributed by atoms with E-state index in [-0.39, 0.29) is 55.0 Å². The molecular weight excluding hydrogens is 402 g/mol. The van der Waals surface area contributed by atoms with Gasteiger partial charge >= 0.3 is 5.97 Å². The third-order valence-corrected chi connectivity index (χ3v) is 3.73. The fourth-order valence-electron chi connectivity index (χ4n) is 2.36. The number of hydrogen-bond acceptors (Lipinski definition) is 2. The SMILES string of the molecule is CCCCCC[C@@H](O)C/C=C\CCCCCCCC(=O)O.[Ba]. The van der Waals surface area contributed by atoms with Crippen molar-refractivity contribution in [2.45, 2.75) is 96.5 Å². The van der Waals surface area contributed by atoms with Crippen molar-refractivity contribution in [1.82, 2.24) is 0 Å². The molecule has 3 nitrogen and oxygen atoms in total. The summed E-state index contributed by atoms with van der Waals surface area (Å²) in [7, 11) is 0. The summed E-state index contributed by atoms with van der Waals surface area (Å²) < 4.78 is 0. The Morgan fingerprint density at radius 1 is 0.955 bits per heavy atom. The Morgan fingerprint density at radius 2 is 1.59 bits per heavy atom. The van der Waals surface area contributed by atoms with Gasteiger partial charge in [0.05, 0.1) is 6.10 Å². The quantitative estimate of drug-likeness (QED) is 0.223. The largest absolute Gasteiger partial charge is 0.481 e. The van der Waals surface area contributed by atoms with E-state index in [9.17, 15) is 9.90 Å². The minimum Gasteiger partial charge on any atom is -0.481 e. The second kappa shape index (κ2) is 19.8. The third kappa shape index (κ3) is 20.7. The van der Waals surface area contributed by atoms with Gasteiger partial charge in [-0.05, 0) is 32.1 Å². The average Bonchev–Trinajstić information content (AvgIpc) is 2.45. The average molecular weight is 436 g/mol. The number of aliphatic hydroxyl groups excluding tert-OH is 1. The monoisotopic (exact) mass is 436 g/mol. The van der Waals surface area contributed by atoms with E-state index in [0.29, 0.717) is 6.42 Å². The molecule has 0 amide bonds. The van der Waals surface area contributed by atoms with Crippen LogP contribution in [0.25, 0.3) is 0 Å². The minimum atomic E-state index is -0.689. The van der Waals surface area contributed by atoms with Gasteiger partial charge in [-0.15, -0.1) is 0 Å². The maximum atomic E-state index is 10.3. The predicted molar refractivity (Wildman–Crippen MR) is 94.2 cm³/mol. The van der Waals surface area contributed by atoms with Crippen molar-refractivity contribution in [1.29, 1.82) is 0 Å². The van der Waals surface area contributed by atoms with Crippen LogP contribution in [0, 0.1) is 0 Å². The summed E-state index contributed by atoms with van der Waals surface area (Å²) in [6, 6.07) is 0. The molecule has 22 heavy (non-hydrogen) atoms. The molecule has 2 radical (unpaired) electrons. The molecule has 1 atom stereocenters. The molecule has 0 aliphatic rings. The normalized spacial score (nSPS) is 12.3. The first kappa shape index (κ1) is 25.0. The van der Waals surface area contributed by atoms with E-state index in [1.807, 2.05) is 0 Å². The molecule has 0 aromatic carbocycles. The van der Waals surface area contributed by atoms with Crippen molar-refractivity contribution in [2.24, 2.45) is 0 Å². The van der Waals surface area contributed by atoms with Crippen LogP contribution in [-0.2, 0) is 4.79 Å². The third-order valence-electron chi connectivity index (χ3n) is 3.73. The number of rotatable bonds is 15. The van der Waals surface area contributed by atoms with Crippen LogP contribution in [0.5, 0.6) is 0 Å². The fraction of sp³-hybridized carbons (Fsp3) is 0.833. The molecule has 126 valence electrons. The van der Waals surface area contributed by atoms with Gasteiger partial charge in [-0.25, -0.2) is 0 Å². The van der Waals surface area contributed by atoms with E-state index >= 15 is 0 Å². The van der Waals surface area contributed by atoms with E-state index in [2.05, 4.69) is 19.1 Å². The Hall–Kier alpha value is 0.741. The number of allylic oxidation sites excluding steroid dienone is 1. The number of aliphatic hydroxyl groups is 1. The first-order valence-corrected chi connectivity index (χ1v) is 8.71. The van der Waals surface area contributed by atoms with E-state index in [4.69, 9.17) is 5.11 Å². The van der Waals surface area contributed by atoms with E-state index in [0.717, 1.165) is 51.4 Å². The molecule has 0 bridgehead atoms. The van der Waals surface area contributed by atoms with Crippen LogP contribution in [0.2, 0.25) is 0 Å². The number of hydrogen-bond donors (Lipinski definition) is 2. The number of unbranched alkanes of at least 4 members (excludes halogenated alkanes) is 8. The Balaban J connectivity index is 0. The zero-order chi connectivity index (χ0) is 15.8. The molecule has 0 spiro atoms. The predicted octanol–water partition coefficient (Wildman–Crippen LogP) is 4.70. The second-order valence-corrected chi connectivity index (χ2v) is 5.91. The molecule has 0 saturated heterocycles. The van der Waals surface area contributed by atoms with Crippen LogP contribution >= 0.6 is 0 Å². The van der Waals surface area contributed by atoms with Gasteiger partial charge in [0.25, 0.3) is 0 Å². The molecule has 0 unspecified atom stereocenters. The smallest absolute Gasteiger partial charge is 0.303 e. The topological polar surface area (TPSA) is 57.5 Å². The standard InChI is InChI=1S/C18H34O3.Ba/c1-2-3-4-11-14-17(19)15-12-9-7-5-6-8-10-13-16-18(20)21;/h9,12,17,19H,2-8,10-11,13-16H2,1H3,(H,20,21);/b12-9-;/t17-;/m1./s1. The molecular formula is C18H34BaO3. The summed E-state index contributed by atoms with van der Waals surface area (Å²) in [4.78, 5) is 10.3. The van der Waals surface area contributed by atoms with Crippen molar-refractivity contribution in [2.75, 3.05) is 0 Å². The van der Waals surface area contributed by atoms with Gasteiger partial charge in [0.15, 0.2) is 0 Å². The molecule has 0 aliphatic heterocycles. The van der Waals surface area contributed by atoms with Crippen molar-refractivity contribution in [3.63, 3.8) is 0 Å². The maximum absolute atomic E-state index is 10.3. The molecule has 0 rings (SSSR count). The summed E-state index contributed by atoms with van der Waals surface area (Å²) in [5.74, 6) is -0.689. The summed E-state index contributed by atoms with van der Waals surface area (Å²) in [5, 5.41) is 18.3. The minimum absolute atomic E-state index is 0. The number of carboxylic acid groups (broad SMARTS) is 1. The van der Waals surface area contributed by atoms with Gasteiger partial charge in [0.2, 0.25) is 0 Å². The fourth-order valence-corrected chi connectivity index (χ4v) is 2.36. The van der Waals surface area contributed by atoms with E-state index in [1.165, 1.54) is 25.7 Å². The molecule has 0 aromatic rings. The molecule has 0 aromatic heterocycles. The summed E-state index contributed by atoms with van der Waals surface area (Å²) in [6.45, 7) is 2.20. The van der Waals surface area contributed by atoms with Gasteiger partial charge in [-0.1, -0.05) is 64.0 Å². The van der Waals surface area contributed by atoms with Gasteiger partial charge in [-0.3, -0.25) is 4.79 Å². The van der Waals surface area contributed by atoms with Crippen LogP contribution in [0.15, 0.2) is 12.2 Å². The Bertz CT molecular complexity index is 267. The van der Waals surface area contributed by atoms with Crippen LogP contribution in [-0.4, -0.2) is 71.2 Å². The second-order valence-electron chi connectivity index (χ2n) is 5.91. The summed E-state index contributed by atoms with van der Waals surface area (Å²) in [5.41, 5.74) is 0. The molecule has 0 heterocycles. The Morgan fingerprint density at radius 3 is 2.27 bits per heavy atom. The van der Waals surface area contributed by atoms with Crippen LogP contribution in [0.1, 0.15) is 90.4 Å². The molecule has 2 N–H and O–H groups in total. The number of carbonyl (C=O) groups is 1. The Kier molecular flexibility index (Phi) is 22.5. The Labute approximate surface area is 177 Å². The van der Waals surface area contributed by atoms with Gasteiger partial charge in [-0.2, -0.15) is 0 Å². The van der Waals surface area contributed by atoms with Gasteiger partial charge in [0, 0.05) is 55.3 Å². The summed E-state index contributed by atoms with van der Waals surface area (Å²) in [6.07, 6.45) is 17.4. The maximum Gasteiger partial charge on any atom is 0.303 e. The van der Waals surface area contributed by atoms with Crippen LogP contribution in [0.3, 0.4) is 0 Å². The molecule has 0 fully saturated rings. The van der Waals surface area contributed by atoms with Crippen molar-refractivity contribution < 1.29 is 15.0 Å². The first-order chi connectivity index (χ1) is 10.2. The zero-order valence-corrected chi connectivity index (χ0v) is 18.9. The first-order valence-electron chi connectivity index (χ1n) is 8.71.